The number of nitrogens with one attached hydrogen (secondary N) is 1. The van der Waals surface area contributed by atoms with E-state index >= 15 is 4.79 Å². The first-order valence-corrected chi connectivity index (χ1v) is 28.9. The Morgan fingerprint density at radius 3 is 2.14 bits per heavy atom. The van der Waals surface area contributed by atoms with Gasteiger partial charge in [-0.2, -0.15) is 0 Å². The molecule has 0 spiro atoms. The fourth-order valence-electron chi connectivity index (χ4n) is 12.8. The smallest absolute Gasteiger partial charge is 0.340 e. The SMILES string of the molecule is CC(=O)O[C@@]12CO[C@@H]1CC[C@@]1(C)[C@@H]3O[C@H](CN4CC[C@H]4CO)O[C@@H]3C3=C(C)[C@@H](OC(=O)[C@](C)(O[Si](C)(C)C(C)(C)C)[C@@H](NC(=O)c4ccccc4)c4ncccn4)C[C@@](O)([C@@H](OC(=O)c4ccccc4)[C@@H]12)C3(C)C. The van der Waals surface area contributed by atoms with E-state index in [9.17, 15) is 24.6 Å². The van der Waals surface area contributed by atoms with Crippen LogP contribution in [0.15, 0.2) is 90.3 Å². The van der Waals surface area contributed by atoms with Crippen molar-refractivity contribution in [1.29, 1.82) is 0 Å². The van der Waals surface area contributed by atoms with Crippen molar-refractivity contribution < 1.29 is 62.2 Å². The molecule has 3 aliphatic heterocycles. The molecule has 3 N–H and O–H groups in total. The fourth-order valence-corrected chi connectivity index (χ4v) is 14.3. The molecule has 6 aliphatic rings. The Bertz CT molecular complexity index is 2630. The summed E-state index contributed by atoms with van der Waals surface area (Å²) in [6.07, 6.45) is -1.27. The monoisotopic (exact) mass is 1040 g/mol. The Morgan fingerprint density at radius 1 is 0.919 bits per heavy atom. The number of aliphatic hydroxyl groups excluding tert-OH is 1. The van der Waals surface area contributed by atoms with Crippen LogP contribution < -0.4 is 5.32 Å². The van der Waals surface area contributed by atoms with Crippen LogP contribution in [0.3, 0.4) is 0 Å². The van der Waals surface area contributed by atoms with Crippen LogP contribution in [0.5, 0.6) is 0 Å². The van der Waals surface area contributed by atoms with E-state index < -0.39 is 114 Å². The maximum atomic E-state index is 16.0. The molecule has 9 rings (SSSR count). The van der Waals surface area contributed by atoms with Crippen LogP contribution in [0, 0.1) is 16.7 Å². The van der Waals surface area contributed by atoms with Crippen molar-refractivity contribution >= 4 is 32.1 Å². The number of rotatable bonds is 14. The van der Waals surface area contributed by atoms with Crippen molar-refractivity contribution in [3.8, 4) is 0 Å². The predicted octanol–water partition coefficient (Wildman–Crippen LogP) is 6.65. The zero-order valence-electron chi connectivity index (χ0n) is 44.6. The number of carbonyl (C=O) groups excluding carboxylic acids is 4. The molecule has 400 valence electrons. The maximum Gasteiger partial charge on any atom is 0.340 e. The first-order chi connectivity index (χ1) is 34.8. The van der Waals surface area contributed by atoms with Crippen molar-refractivity contribution in [2.45, 2.75) is 172 Å². The van der Waals surface area contributed by atoms with E-state index in [0.717, 1.165) is 13.0 Å². The fraction of sp³-hybridized carbons (Fsp3) is 0.607. The number of hydrogen-bond donors (Lipinski definition) is 3. The summed E-state index contributed by atoms with van der Waals surface area (Å²) in [6, 6.07) is 17.4. The number of benzene rings is 2. The average molecular weight is 1040 g/mol. The molecule has 3 aliphatic carbocycles. The van der Waals surface area contributed by atoms with Crippen LogP contribution in [0.2, 0.25) is 18.1 Å². The first kappa shape index (κ1) is 53.9. The number of aromatic nitrogens is 2. The van der Waals surface area contributed by atoms with Crippen LogP contribution >= 0.6 is 0 Å². The number of ether oxygens (including phenoxy) is 6. The lowest BCUT2D eigenvalue weighted by Crippen LogP contribution is -2.79. The summed E-state index contributed by atoms with van der Waals surface area (Å²) in [7, 11) is -2.99. The second-order valence-electron chi connectivity index (χ2n) is 23.8. The Labute approximate surface area is 435 Å². The second kappa shape index (κ2) is 19.6. The lowest BCUT2D eigenvalue weighted by molar-refractivity contribution is -0.345. The topological polar surface area (TPSA) is 214 Å². The van der Waals surface area contributed by atoms with Gasteiger partial charge in [0.1, 0.15) is 36.1 Å². The lowest BCUT2D eigenvalue weighted by atomic mass is 9.45. The summed E-state index contributed by atoms with van der Waals surface area (Å²) in [5, 5.41) is 27.2. The van der Waals surface area contributed by atoms with Gasteiger partial charge < -0.3 is 48.4 Å². The standard InChI is InChI=1S/C56H74N4O13Si/c1-33-38(68-50(65)54(9,73-74(10,11)51(3,4)5)44(47-57-26-18-27-58-47)59-48(63)35-19-14-12-15-20-35)29-56(66)46(71-49(64)36-21-16-13-17-22-36)43-53(8,25-23-39-55(43,32-67-39)72-34(2)62)45-42(41(33)52(56,6)7)69-40(70-45)30-60-28-24-37(60)31-61/h12-22,26-27,37-40,42-46,61,66H,23-25,28-32H2,1-11H3,(H,59,63)/t37-,38-,39+,40+,42+,43-,44-,45+,46-,53+,54+,55-,56+/m0/s1. The normalized spacial score (nSPS) is 33.6. The van der Waals surface area contributed by atoms with E-state index in [4.69, 9.17) is 32.8 Å². The molecule has 18 heteroatoms. The Morgan fingerprint density at radius 2 is 1.57 bits per heavy atom. The maximum absolute atomic E-state index is 16.0. The highest BCUT2D eigenvalue weighted by Crippen LogP contribution is 2.67. The number of likely N-dealkylation sites (tertiary alicyclic amines) is 1. The molecule has 2 bridgehead atoms. The van der Waals surface area contributed by atoms with Gasteiger partial charge >= 0.3 is 17.9 Å². The number of amides is 1. The van der Waals surface area contributed by atoms with E-state index in [2.05, 4.69) is 20.2 Å². The van der Waals surface area contributed by atoms with Gasteiger partial charge in [-0.05, 0) is 92.7 Å². The van der Waals surface area contributed by atoms with E-state index in [-0.39, 0.29) is 37.1 Å². The van der Waals surface area contributed by atoms with Crippen molar-refractivity contribution in [2.75, 3.05) is 26.3 Å². The minimum Gasteiger partial charge on any atom is -0.456 e. The summed E-state index contributed by atoms with van der Waals surface area (Å²) >= 11 is 0. The van der Waals surface area contributed by atoms with Gasteiger partial charge in [-0.15, -0.1) is 0 Å². The Kier molecular flexibility index (Phi) is 14.3. The van der Waals surface area contributed by atoms with Crippen LogP contribution in [-0.4, -0.2) is 143 Å². The zero-order chi connectivity index (χ0) is 53.4. The third-order valence-corrected chi connectivity index (χ3v) is 22.6. The largest absolute Gasteiger partial charge is 0.456 e. The molecule has 3 saturated heterocycles. The molecule has 13 atom stereocenters. The second-order valence-corrected chi connectivity index (χ2v) is 28.5. The predicted molar refractivity (Wildman–Crippen MR) is 273 cm³/mol. The van der Waals surface area contributed by atoms with E-state index in [1.807, 2.05) is 61.6 Å². The first-order valence-electron chi connectivity index (χ1n) is 26.0. The summed E-state index contributed by atoms with van der Waals surface area (Å²) in [5.74, 6) is -3.53. The van der Waals surface area contributed by atoms with Crippen LogP contribution in [0.25, 0.3) is 0 Å². The van der Waals surface area contributed by atoms with Crippen LogP contribution in [-0.2, 0) is 42.4 Å². The Hall–Kier alpha value is -4.92. The van der Waals surface area contributed by atoms with Crippen molar-refractivity contribution in [3.63, 3.8) is 0 Å². The molecule has 17 nitrogen and oxygen atoms in total. The molecular weight excluding hydrogens is 965 g/mol. The third-order valence-electron chi connectivity index (χ3n) is 18.0. The summed E-state index contributed by atoms with van der Waals surface area (Å²) in [5.41, 5.74) is -6.09. The van der Waals surface area contributed by atoms with Crippen molar-refractivity contribution in [1.82, 2.24) is 20.2 Å². The Balaban J connectivity index is 1.23. The van der Waals surface area contributed by atoms with Gasteiger partial charge in [0.25, 0.3) is 5.91 Å². The van der Waals surface area contributed by atoms with Crippen LogP contribution in [0.4, 0.5) is 0 Å². The molecule has 3 aromatic rings. The molecule has 2 aromatic carbocycles. The van der Waals surface area contributed by atoms with Gasteiger partial charge in [0.15, 0.2) is 31.6 Å². The summed E-state index contributed by atoms with van der Waals surface area (Å²) in [4.78, 5) is 69.7. The number of aliphatic hydroxyl groups is 2. The lowest BCUT2D eigenvalue weighted by Gasteiger charge is -2.68. The minimum atomic E-state index is -2.99. The highest BCUT2D eigenvalue weighted by Gasteiger charge is 2.77. The summed E-state index contributed by atoms with van der Waals surface area (Å²) in [6.45, 7) is 21.7. The minimum absolute atomic E-state index is 0.0251. The van der Waals surface area contributed by atoms with Gasteiger partial charge in [0, 0.05) is 61.3 Å². The van der Waals surface area contributed by atoms with Crippen molar-refractivity contribution in [3.05, 3.63) is 107 Å². The van der Waals surface area contributed by atoms with Gasteiger partial charge in [-0.25, -0.2) is 19.6 Å². The van der Waals surface area contributed by atoms with E-state index in [1.54, 1.807) is 73.7 Å². The molecule has 74 heavy (non-hydrogen) atoms. The molecule has 1 aromatic heterocycles. The number of carbonyl (C=O) groups is 4. The van der Waals surface area contributed by atoms with Gasteiger partial charge in [0.2, 0.25) is 0 Å². The van der Waals surface area contributed by atoms with Gasteiger partial charge in [-0.1, -0.05) is 77.9 Å². The number of esters is 3. The molecule has 4 heterocycles. The molecule has 5 fully saturated rings. The van der Waals surface area contributed by atoms with Crippen LogP contribution in [0.1, 0.15) is 121 Å². The third kappa shape index (κ3) is 9.03. The van der Waals surface area contributed by atoms with Gasteiger partial charge in [0.05, 0.1) is 30.8 Å². The molecule has 1 amide bonds. The van der Waals surface area contributed by atoms with Crippen molar-refractivity contribution in [2.24, 2.45) is 16.7 Å². The van der Waals surface area contributed by atoms with Gasteiger partial charge in [-0.3, -0.25) is 14.5 Å². The number of fused-ring (bicyclic) bond motifs is 8. The highest BCUT2D eigenvalue weighted by atomic mass is 28.4. The average Bonchev–Trinajstić information content (AvgIpc) is 3.76. The van der Waals surface area contributed by atoms with E-state index in [1.165, 1.54) is 19.3 Å². The quantitative estimate of drug-likeness (QED) is 0.0667. The molecule has 2 saturated carbocycles. The molecule has 0 unspecified atom stereocenters. The number of hydrogen-bond acceptors (Lipinski definition) is 16. The highest BCUT2D eigenvalue weighted by molar-refractivity contribution is 6.74. The molecular formula is C56H74N4O13Si. The zero-order valence-corrected chi connectivity index (χ0v) is 45.6. The van der Waals surface area contributed by atoms with E-state index in [0.29, 0.717) is 36.1 Å². The summed E-state index contributed by atoms with van der Waals surface area (Å²) < 4.78 is 48.0. The number of nitrogens with zero attached hydrogens (tertiary/aromatic N) is 3. The molecule has 0 radical (unpaired) electrons.